The van der Waals surface area contributed by atoms with Gasteiger partial charge in [-0.25, -0.2) is 4.68 Å². The van der Waals surface area contributed by atoms with Gasteiger partial charge in [-0.1, -0.05) is 18.2 Å². The molecule has 1 aromatic carbocycles. The number of carbonyl (C=O) groups is 2. The molecular formula is C17H19N3O3. The van der Waals surface area contributed by atoms with Crippen molar-refractivity contribution in [1.82, 2.24) is 14.7 Å². The number of amides is 1. The summed E-state index contributed by atoms with van der Waals surface area (Å²) in [5, 5.41) is 13.3. The fourth-order valence-electron chi connectivity index (χ4n) is 2.90. The Morgan fingerprint density at radius 3 is 2.57 bits per heavy atom. The normalized spacial score (nSPS) is 15.6. The van der Waals surface area contributed by atoms with Crippen molar-refractivity contribution in [1.29, 1.82) is 0 Å². The maximum absolute atomic E-state index is 12.5. The van der Waals surface area contributed by atoms with Gasteiger partial charge in [0.2, 0.25) is 0 Å². The molecule has 0 aliphatic carbocycles. The van der Waals surface area contributed by atoms with Crippen LogP contribution in [0.1, 0.15) is 28.8 Å². The molecule has 1 amide bonds. The molecule has 0 atom stereocenters. The number of aryl methyl sites for hydroxylation is 1. The third kappa shape index (κ3) is 3.11. The Kier molecular flexibility index (Phi) is 4.14. The number of piperidine rings is 1. The second kappa shape index (κ2) is 6.24. The minimum Gasteiger partial charge on any atom is -0.481 e. The highest BCUT2D eigenvalue weighted by molar-refractivity contribution is 5.94. The molecule has 1 aliphatic rings. The van der Waals surface area contributed by atoms with E-state index in [4.69, 9.17) is 5.11 Å². The van der Waals surface area contributed by atoms with Crippen LogP contribution < -0.4 is 0 Å². The van der Waals surface area contributed by atoms with Crippen LogP contribution in [0.4, 0.5) is 0 Å². The minimum atomic E-state index is -0.774. The smallest absolute Gasteiger partial charge is 0.306 e. The van der Waals surface area contributed by atoms with Gasteiger partial charge in [0.05, 0.1) is 23.4 Å². The van der Waals surface area contributed by atoms with Gasteiger partial charge in [0.15, 0.2) is 0 Å². The van der Waals surface area contributed by atoms with Crippen LogP contribution in [0.15, 0.2) is 36.7 Å². The molecular weight excluding hydrogens is 294 g/mol. The maximum Gasteiger partial charge on any atom is 0.306 e. The largest absolute Gasteiger partial charge is 0.481 e. The summed E-state index contributed by atoms with van der Waals surface area (Å²) in [5.41, 5.74) is 2.55. The number of carboxylic acids is 1. The molecule has 0 bridgehead atoms. The van der Waals surface area contributed by atoms with Gasteiger partial charge in [0, 0.05) is 19.3 Å². The van der Waals surface area contributed by atoms with E-state index in [1.54, 1.807) is 22.0 Å². The third-order valence-corrected chi connectivity index (χ3v) is 4.32. The molecule has 6 nitrogen and oxygen atoms in total. The van der Waals surface area contributed by atoms with Crippen LogP contribution in [0.25, 0.3) is 5.69 Å². The van der Waals surface area contributed by atoms with Gasteiger partial charge in [-0.05, 0) is 31.4 Å². The maximum atomic E-state index is 12.5. The number of rotatable bonds is 3. The summed E-state index contributed by atoms with van der Waals surface area (Å²) in [4.78, 5) is 25.2. The minimum absolute atomic E-state index is 0.0892. The number of nitrogens with zero attached hydrogens (tertiary/aromatic N) is 3. The molecule has 3 rings (SSSR count). The summed E-state index contributed by atoms with van der Waals surface area (Å²) in [6, 6.07) is 7.84. The molecule has 0 spiro atoms. The first-order valence-corrected chi connectivity index (χ1v) is 7.69. The van der Waals surface area contributed by atoms with Gasteiger partial charge in [-0.3, -0.25) is 9.59 Å². The first kappa shape index (κ1) is 15.3. The third-order valence-electron chi connectivity index (χ3n) is 4.32. The molecule has 1 fully saturated rings. The van der Waals surface area contributed by atoms with Crippen molar-refractivity contribution in [3.05, 3.63) is 47.8 Å². The zero-order chi connectivity index (χ0) is 16.4. The van der Waals surface area contributed by atoms with E-state index < -0.39 is 5.97 Å². The quantitative estimate of drug-likeness (QED) is 0.942. The van der Waals surface area contributed by atoms with Gasteiger partial charge < -0.3 is 10.0 Å². The number of likely N-dealkylation sites (tertiary alicyclic amines) is 1. The average molecular weight is 313 g/mol. The zero-order valence-corrected chi connectivity index (χ0v) is 13.0. The molecule has 1 N–H and O–H groups in total. The van der Waals surface area contributed by atoms with E-state index in [1.165, 1.54) is 0 Å². The van der Waals surface area contributed by atoms with Crippen molar-refractivity contribution in [2.24, 2.45) is 5.92 Å². The lowest BCUT2D eigenvalue weighted by Crippen LogP contribution is -2.40. The van der Waals surface area contributed by atoms with Crippen LogP contribution in [0.5, 0.6) is 0 Å². The average Bonchev–Trinajstić information content (AvgIpc) is 3.04. The van der Waals surface area contributed by atoms with Crippen molar-refractivity contribution in [3.63, 3.8) is 0 Å². The van der Waals surface area contributed by atoms with Crippen LogP contribution in [-0.4, -0.2) is 44.8 Å². The summed E-state index contributed by atoms with van der Waals surface area (Å²) in [6.07, 6.45) is 4.31. The highest BCUT2D eigenvalue weighted by Crippen LogP contribution is 2.20. The summed E-state index contributed by atoms with van der Waals surface area (Å²) < 4.78 is 1.70. The van der Waals surface area contributed by atoms with Crippen molar-refractivity contribution < 1.29 is 14.7 Å². The molecule has 0 unspecified atom stereocenters. The van der Waals surface area contributed by atoms with E-state index in [1.807, 2.05) is 31.2 Å². The Labute approximate surface area is 134 Å². The summed E-state index contributed by atoms with van der Waals surface area (Å²) in [7, 11) is 0. The molecule has 0 radical (unpaired) electrons. The Morgan fingerprint density at radius 1 is 1.22 bits per heavy atom. The predicted molar refractivity (Wildman–Crippen MR) is 84.6 cm³/mol. The highest BCUT2D eigenvalue weighted by Gasteiger charge is 2.28. The number of carbonyl (C=O) groups excluding carboxylic acids is 1. The molecule has 2 heterocycles. The van der Waals surface area contributed by atoms with E-state index in [-0.39, 0.29) is 11.8 Å². The van der Waals surface area contributed by atoms with E-state index >= 15 is 0 Å². The van der Waals surface area contributed by atoms with Crippen LogP contribution in [0.2, 0.25) is 0 Å². The Hall–Kier alpha value is -2.63. The Morgan fingerprint density at radius 2 is 1.91 bits per heavy atom. The number of hydrogen-bond donors (Lipinski definition) is 1. The first-order valence-electron chi connectivity index (χ1n) is 7.69. The lowest BCUT2D eigenvalue weighted by atomic mass is 9.97. The van der Waals surface area contributed by atoms with Gasteiger partial charge in [0.1, 0.15) is 0 Å². The van der Waals surface area contributed by atoms with Crippen molar-refractivity contribution in [2.75, 3.05) is 13.1 Å². The van der Waals surface area contributed by atoms with Crippen molar-refractivity contribution in [3.8, 4) is 5.69 Å². The van der Waals surface area contributed by atoms with Gasteiger partial charge in [-0.2, -0.15) is 5.10 Å². The topological polar surface area (TPSA) is 75.4 Å². The van der Waals surface area contributed by atoms with Crippen molar-refractivity contribution >= 4 is 11.9 Å². The summed E-state index contributed by atoms with van der Waals surface area (Å²) in [6.45, 7) is 2.95. The monoisotopic (exact) mass is 313 g/mol. The molecule has 1 aliphatic heterocycles. The number of hydrogen-bond acceptors (Lipinski definition) is 3. The van der Waals surface area contributed by atoms with Crippen molar-refractivity contribution in [2.45, 2.75) is 19.8 Å². The number of aromatic nitrogens is 2. The SMILES string of the molecule is Cc1ccccc1-n1cc(C(=O)N2CCC(C(=O)O)CC2)cn1. The number of para-hydroxylation sites is 1. The number of carboxylic acid groups (broad SMARTS) is 1. The Bertz CT molecular complexity index is 730. The fourth-order valence-corrected chi connectivity index (χ4v) is 2.90. The molecule has 23 heavy (non-hydrogen) atoms. The molecule has 1 aromatic heterocycles. The number of benzene rings is 1. The molecule has 2 aromatic rings. The van der Waals surface area contributed by atoms with Gasteiger partial charge >= 0.3 is 5.97 Å². The predicted octanol–water partition coefficient (Wildman–Crippen LogP) is 2.12. The van der Waals surface area contributed by atoms with Gasteiger partial charge in [-0.15, -0.1) is 0 Å². The van der Waals surface area contributed by atoms with Crippen LogP contribution in [-0.2, 0) is 4.79 Å². The lowest BCUT2D eigenvalue weighted by molar-refractivity contribution is -0.143. The van der Waals surface area contributed by atoms with E-state index in [9.17, 15) is 9.59 Å². The van der Waals surface area contributed by atoms with E-state index in [2.05, 4.69) is 5.10 Å². The molecule has 6 heteroatoms. The second-order valence-corrected chi connectivity index (χ2v) is 5.86. The van der Waals surface area contributed by atoms with Crippen LogP contribution >= 0.6 is 0 Å². The van der Waals surface area contributed by atoms with Gasteiger partial charge in [0.25, 0.3) is 5.91 Å². The summed E-state index contributed by atoms with van der Waals surface area (Å²) in [5.74, 6) is -1.20. The standard InChI is InChI=1S/C17H19N3O3/c1-12-4-2-3-5-15(12)20-11-14(10-18-20)16(21)19-8-6-13(7-9-19)17(22)23/h2-5,10-11,13H,6-9H2,1H3,(H,22,23). The highest BCUT2D eigenvalue weighted by atomic mass is 16.4. The van der Waals surface area contributed by atoms with E-state index in [0.29, 0.717) is 31.5 Å². The summed E-state index contributed by atoms with van der Waals surface area (Å²) >= 11 is 0. The lowest BCUT2D eigenvalue weighted by Gasteiger charge is -2.29. The Balaban J connectivity index is 1.72. The molecule has 120 valence electrons. The molecule has 1 saturated heterocycles. The first-order chi connectivity index (χ1) is 11.1. The van der Waals surface area contributed by atoms with Crippen LogP contribution in [0, 0.1) is 12.8 Å². The second-order valence-electron chi connectivity index (χ2n) is 5.86. The zero-order valence-electron chi connectivity index (χ0n) is 13.0. The molecule has 0 saturated carbocycles. The fraction of sp³-hybridized carbons (Fsp3) is 0.353. The van der Waals surface area contributed by atoms with Crippen LogP contribution in [0.3, 0.4) is 0 Å². The van der Waals surface area contributed by atoms with E-state index in [0.717, 1.165) is 11.3 Å². The number of aliphatic carboxylic acids is 1.